The summed E-state index contributed by atoms with van der Waals surface area (Å²) < 4.78 is 8.29. The molecule has 3 aromatic rings. The van der Waals surface area contributed by atoms with Gasteiger partial charge in [-0.05, 0) is 29.8 Å². The van der Waals surface area contributed by atoms with Gasteiger partial charge in [0, 0.05) is 21.7 Å². The molecule has 1 heterocycles. The van der Waals surface area contributed by atoms with Crippen LogP contribution >= 0.6 is 27.7 Å². The molecule has 27 heavy (non-hydrogen) atoms. The molecule has 0 N–H and O–H groups in total. The fraction of sp³-hybridized carbons (Fsp3) is 0.250. The number of methoxy groups -OCH3 is 1. The minimum atomic E-state index is 0.217. The maximum absolute atomic E-state index is 5.40. The maximum atomic E-state index is 5.40. The summed E-state index contributed by atoms with van der Waals surface area (Å²) in [6.45, 7) is 4.17. The molecule has 0 unspecified atom stereocenters. The summed E-state index contributed by atoms with van der Waals surface area (Å²) in [7, 11) is 1.66. The third-order valence-corrected chi connectivity index (χ3v) is 5.40. The van der Waals surface area contributed by atoms with E-state index < -0.39 is 0 Å². The van der Waals surface area contributed by atoms with Crippen LogP contribution in [0.2, 0.25) is 0 Å². The molecular formula is C20H21BrN4OS. The second kappa shape index (κ2) is 9.19. The third kappa shape index (κ3) is 4.99. The lowest BCUT2D eigenvalue weighted by molar-refractivity contribution is 0.414. The van der Waals surface area contributed by atoms with Gasteiger partial charge in [-0.25, -0.2) is 0 Å². The van der Waals surface area contributed by atoms with Gasteiger partial charge < -0.3 is 4.74 Å². The van der Waals surface area contributed by atoms with Gasteiger partial charge in [0.2, 0.25) is 5.16 Å². The van der Waals surface area contributed by atoms with Crippen molar-refractivity contribution < 1.29 is 4.74 Å². The molecule has 0 bridgehead atoms. The van der Waals surface area contributed by atoms with Crippen molar-refractivity contribution in [3.63, 3.8) is 0 Å². The predicted molar refractivity (Wildman–Crippen MR) is 114 cm³/mol. The number of para-hydroxylation sites is 1. The summed E-state index contributed by atoms with van der Waals surface area (Å²) in [5.74, 6) is 2.63. The first-order chi connectivity index (χ1) is 13.1. The van der Waals surface area contributed by atoms with E-state index in [1.165, 1.54) is 5.56 Å². The number of benzene rings is 2. The molecule has 140 valence electrons. The van der Waals surface area contributed by atoms with E-state index in [-0.39, 0.29) is 5.92 Å². The van der Waals surface area contributed by atoms with Crippen molar-refractivity contribution in [1.29, 1.82) is 0 Å². The highest BCUT2D eigenvalue weighted by molar-refractivity contribution is 9.10. The smallest absolute Gasteiger partial charge is 0.212 e. The van der Waals surface area contributed by atoms with Crippen molar-refractivity contribution in [2.75, 3.05) is 7.11 Å². The summed E-state index contributed by atoms with van der Waals surface area (Å²) in [6.07, 6.45) is 1.79. The molecule has 1 aromatic heterocycles. The molecule has 0 atom stereocenters. The van der Waals surface area contributed by atoms with E-state index in [0.29, 0.717) is 0 Å². The zero-order chi connectivity index (χ0) is 19.2. The molecular weight excluding hydrogens is 424 g/mol. The van der Waals surface area contributed by atoms with Crippen molar-refractivity contribution in [1.82, 2.24) is 14.9 Å². The van der Waals surface area contributed by atoms with Crippen LogP contribution in [-0.4, -0.2) is 28.2 Å². The number of rotatable bonds is 7. The lowest BCUT2D eigenvalue weighted by Crippen LogP contribution is -2.02. The molecule has 3 rings (SSSR count). The molecule has 0 spiro atoms. The van der Waals surface area contributed by atoms with Gasteiger partial charge in [0.1, 0.15) is 5.75 Å². The normalized spacial score (nSPS) is 11.4. The Morgan fingerprint density at radius 2 is 1.89 bits per heavy atom. The summed E-state index contributed by atoms with van der Waals surface area (Å²) in [4.78, 5) is 0. The number of hydrogen-bond donors (Lipinski definition) is 0. The number of ether oxygens (including phenoxy) is 1. The van der Waals surface area contributed by atoms with E-state index in [9.17, 15) is 0 Å². The van der Waals surface area contributed by atoms with Gasteiger partial charge in [-0.3, -0.25) is 0 Å². The van der Waals surface area contributed by atoms with Crippen LogP contribution in [0.15, 0.2) is 63.3 Å². The topological polar surface area (TPSA) is 52.3 Å². The number of thioether (sulfide) groups is 1. The van der Waals surface area contributed by atoms with Crippen LogP contribution in [-0.2, 0) is 5.75 Å². The Morgan fingerprint density at radius 1 is 1.15 bits per heavy atom. The molecule has 0 saturated heterocycles. The maximum Gasteiger partial charge on any atom is 0.212 e. The highest BCUT2D eigenvalue weighted by Crippen LogP contribution is 2.25. The number of halogens is 1. The molecule has 0 aliphatic heterocycles. The molecule has 0 amide bonds. The SMILES string of the molecule is COc1ccccc1/C=N/n1c(SCc2ccc(Br)cc2)nnc1C(C)C. The largest absolute Gasteiger partial charge is 0.496 e. The summed E-state index contributed by atoms with van der Waals surface area (Å²) in [6, 6.07) is 16.1. The molecule has 5 nitrogen and oxygen atoms in total. The van der Waals surface area contributed by atoms with Crippen molar-refractivity contribution in [2.45, 2.75) is 30.7 Å². The van der Waals surface area contributed by atoms with Gasteiger partial charge in [-0.2, -0.15) is 9.78 Å². The molecule has 0 fully saturated rings. The van der Waals surface area contributed by atoms with Crippen LogP contribution in [0.4, 0.5) is 0 Å². The Kier molecular flexibility index (Phi) is 6.68. The molecule has 7 heteroatoms. The second-order valence-electron chi connectivity index (χ2n) is 6.21. The quantitative estimate of drug-likeness (QED) is 0.364. The average molecular weight is 445 g/mol. The van der Waals surface area contributed by atoms with E-state index in [4.69, 9.17) is 4.74 Å². The van der Waals surface area contributed by atoms with Gasteiger partial charge in [0.05, 0.1) is 13.3 Å². The van der Waals surface area contributed by atoms with Crippen LogP contribution in [0.1, 0.15) is 36.7 Å². The van der Waals surface area contributed by atoms with Gasteiger partial charge in [0.15, 0.2) is 5.82 Å². The van der Waals surface area contributed by atoms with Crippen LogP contribution in [0, 0.1) is 0 Å². The fourth-order valence-corrected chi connectivity index (χ4v) is 3.57. The van der Waals surface area contributed by atoms with Gasteiger partial charge in [0.25, 0.3) is 0 Å². The zero-order valence-electron chi connectivity index (χ0n) is 15.5. The Balaban J connectivity index is 1.85. The van der Waals surface area contributed by atoms with Crippen molar-refractivity contribution in [2.24, 2.45) is 5.10 Å². The summed E-state index contributed by atoms with van der Waals surface area (Å²) >= 11 is 5.08. The molecule has 0 aliphatic rings. The standard InChI is InChI=1S/C20H21BrN4OS/c1-14(2)19-23-24-20(27-13-15-8-10-17(21)11-9-15)25(19)22-12-16-6-4-5-7-18(16)26-3/h4-12,14H,13H2,1-3H3/b22-12+. The van der Waals surface area contributed by atoms with Gasteiger partial charge in [-0.1, -0.05) is 65.8 Å². The molecule has 0 radical (unpaired) electrons. The number of hydrogen-bond acceptors (Lipinski definition) is 5. The lowest BCUT2D eigenvalue weighted by atomic mass is 10.2. The Bertz CT molecular complexity index is 922. The Morgan fingerprint density at radius 3 is 2.59 bits per heavy atom. The van der Waals surface area contributed by atoms with Crippen LogP contribution < -0.4 is 4.74 Å². The first kappa shape index (κ1) is 19.6. The summed E-state index contributed by atoms with van der Waals surface area (Å²) in [5.41, 5.74) is 2.13. The van der Waals surface area contributed by atoms with Gasteiger partial charge in [-0.15, -0.1) is 10.2 Å². The van der Waals surface area contributed by atoms with E-state index >= 15 is 0 Å². The molecule has 0 aliphatic carbocycles. The monoisotopic (exact) mass is 444 g/mol. The van der Waals surface area contributed by atoms with Crippen LogP contribution in [0.3, 0.4) is 0 Å². The first-order valence-electron chi connectivity index (χ1n) is 8.58. The molecule has 2 aromatic carbocycles. The number of nitrogens with zero attached hydrogens (tertiary/aromatic N) is 4. The van der Waals surface area contributed by atoms with E-state index in [1.54, 1.807) is 25.1 Å². The number of aromatic nitrogens is 3. The van der Waals surface area contributed by atoms with E-state index in [1.807, 2.05) is 41.1 Å². The summed E-state index contributed by atoms with van der Waals surface area (Å²) in [5, 5.41) is 14.1. The highest BCUT2D eigenvalue weighted by atomic mass is 79.9. The first-order valence-corrected chi connectivity index (χ1v) is 10.4. The van der Waals surface area contributed by atoms with E-state index in [2.05, 4.69) is 57.2 Å². The third-order valence-electron chi connectivity index (χ3n) is 3.89. The van der Waals surface area contributed by atoms with Crippen molar-refractivity contribution in [3.8, 4) is 5.75 Å². The van der Waals surface area contributed by atoms with Gasteiger partial charge >= 0.3 is 0 Å². The Labute approximate surface area is 172 Å². The van der Waals surface area contributed by atoms with Crippen LogP contribution in [0.25, 0.3) is 0 Å². The average Bonchev–Trinajstić information content (AvgIpc) is 3.09. The fourth-order valence-electron chi connectivity index (χ4n) is 2.46. The van der Waals surface area contributed by atoms with Crippen molar-refractivity contribution >= 4 is 33.9 Å². The highest BCUT2D eigenvalue weighted by Gasteiger charge is 2.15. The second-order valence-corrected chi connectivity index (χ2v) is 8.07. The van der Waals surface area contributed by atoms with Crippen molar-refractivity contribution in [3.05, 3.63) is 70.0 Å². The molecule has 0 saturated carbocycles. The minimum Gasteiger partial charge on any atom is -0.496 e. The zero-order valence-corrected chi connectivity index (χ0v) is 17.9. The lowest BCUT2D eigenvalue weighted by Gasteiger charge is -2.07. The van der Waals surface area contributed by atoms with E-state index in [0.717, 1.165) is 32.5 Å². The predicted octanol–water partition coefficient (Wildman–Crippen LogP) is 5.35. The Hall–Kier alpha value is -2.12. The van der Waals surface area contributed by atoms with Crippen LogP contribution in [0.5, 0.6) is 5.75 Å². The minimum absolute atomic E-state index is 0.217.